The molecule has 0 bridgehead atoms. The first-order valence-electron chi connectivity index (χ1n) is 4.82. The van der Waals surface area contributed by atoms with E-state index >= 15 is 0 Å². The molecule has 0 radical (unpaired) electrons. The van der Waals surface area contributed by atoms with Crippen molar-refractivity contribution in [1.82, 2.24) is 0 Å². The highest BCUT2D eigenvalue weighted by molar-refractivity contribution is 9.10. The predicted molar refractivity (Wildman–Crippen MR) is 64.0 cm³/mol. The van der Waals surface area contributed by atoms with E-state index in [-0.39, 0.29) is 6.10 Å². The molecule has 0 amide bonds. The van der Waals surface area contributed by atoms with Gasteiger partial charge in [0.2, 0.25) is 0 Å². The first kappa shape index (κ1) is 12.5. The zero-order chi connectivity index (χ0) is 11.3. The number of nitrogens with two attached hydrogens (primary N) is 1. The second-order valence-corrected chi connectivity index (χ2v) is 4.17. The summed E-state index contributed by atoms with van der Waals surface area (Å²) < 4.78 is 11.7. The third-order valence-electron chi connectivity index (χ3n) is 1.99. The van der Waals surface area contributed by atoms with E-state index in [4.69, 9.17) is 15.2 Å². The van der Waals surface area contributed by atoms with Gasteiger partial charge < -0.3 is 15.2 Å². The van der Waals surface area contributed by atoms with Crippen LogP contribution in [0, 0.1) is 0 Å². The van der Waals surface area contributed by atoms with Crippen molar-refractivity contribution in [2.24, 2.45) is 5.73 Å². The third-order valence-corrected chi connectivity index (χ3v) is 2.61. The lowest BCUT2D eigenvalue weighted by atomic mass is 10.2. The SMILES string of the molecule is COCC(C)Oc1c(Br)cccc1CN. The van der Waals surface area contributed by atoms with Crippen molar-refractivity contribution in [3.8, 4) is 5.75 Å². The molecule has 15 heavy (non-hydrogen) atoms. The molecule has 84 valence electrons. The summed E-state index contributed by atoms with van der Waals surface area (Å²) in [6.07, 6.45) is 0.0130. The van der Waals surface area contributed by atoms with Gasteiger partial charge in [0.15, 0.2) is 0 Å². The Kier molecular flexibility index (Phi) is 5.08. The number of methoxy groups -OCH3 is 1. The highest BCUT2D eigenvalue weighted by atomic mass is 79.9. The van der Waals surface area contributed by atoms with E-state index in [1.807, 2.05) is 25.1 Å². The third kappa shape index (κ3) is 3.48. The molecule has 3 nitrogen and oxygen atoms in total. The average molecular weight is 274 g/mol. The van der Waals surface area contributed by atoms with Crippen molar-refractivity contribution in [3.63, 3.8) is 0 Å². The van der Waals surface area contributed by atoms with Crippen LogP contribution in [-0.2, 0) is 11.3 Å². The molecule has 0 aliphatic heterocycles. The van der Waals surface area contributed by atoms with E-state index in [1.54, 1.807) is 7.11 Å². The van der Waals surface area contributed by atoms with Crippen LogP contribution in [0.4, 0.5) is 0 Å². The molecule has 1 atom stereocenters. The zero-order valence-corrected chi connectivity index (χ0v) is 10.6. The first-order valence-corrected chi connectivity index (χ1v) is 5.61. The van der Waals surface area contributed by atoms with E-state index in [1.165, 1.54) is 0 Å². The molecule has 1 aromatic carbocycles. The van der Waals surface area contributed by atoms with Crippen LogP contribution in [0.1, 0.15) is 12.5 Å². The summed E-state index contributed by atoms with van der Waals surface area (Å²) in [5.41, 5.74) is 6.63. The van der Waals surface area contributed by atoms with Crippen LogP contribution in [-0.4, -0.2) is 19.8 Å². The Bertz CT molecular complexity index is 317. The highest BCUT2D eigenvalue weighted by Crippen LogP contribution is 2.29. The summed E-state index contributed by atoms with van der Waals surface area (Å²) in [4.78, 5) is 0. The summed E-state index contributed by atoms with van der Waals surface area (Å²) in [7, 11) is 1.66. The molecule has 0 saturated carbocycles. The minimum absolute atomic E-state index is 0.0130. The van der Waals surface area contributed by atoms with Gasteiger partial charge in [-0.05, 0) is 28.9 Å². The van der Waals surface area contributed by atoms with Crippen LogP contribution in [0.3, 0.4) is 0 Å². The lowest BCUT2D eigenvalue weighted by molar-refractivity contribution is 0.0909. The Hall–Kier alpha value is -0.580. The molecule has 0 aromatic heterocycles. The molecule has 1 unspecified atom stereocenters. The molecule has 2 N–H and O–H groups in total. The first-order chi connectivity index (χ1) is 7.19. The van der Waals surface area contributed by atoms with Crippen LogP contribution >= 0.6 is 15.9 Å². The quantitative estimate of drug-likeness (QED) is 0.896. The molecule has 0 saturated heterocycles. The van der Waals surface area contributed by atoms with Gasteiger partial charge in [-0.1, -0.05) is 12.1 Å². The van der Waals surface area contributed by atoms with Crippen LogP contribution in [0.2, 0.25) is 0 Å². The van der Waals surface area contributed by atoms with Gasteiger partial charge in [0.05, 0.1) is 11.1 Å². The minimum Gasteiger partial charge on any atom is -0.487 e. The van der Waals surface area contributed by atoms with Crippen LogP contribution in [0.5, 0.6) is 5.75 Å². The minimum atomic E-state index is 0.0130. The number of para-hydroxylation sites is 1. The maximum absolute atomic E-state index is 5.76. The van der Waals surface area contributed by atoms with Gasteiger partial charge in [-0.3, -0.25) is 0 Å². The highest BCUT2D eigenvalue weighted by Gasteiger charge is 2.10. The van der Waals surface area contributed by atoms with Crippen molar-refractivity contribution in [3.05, 3.63) is 28.2 Å². The van der Waals surface area contributed by atoms with Crippen molar-refractivity contribution in [1.29, 1.82) is 0 Å². The molecule has 1 rings (SSSR count). The summed E-state index contributed by atoms with van der Waals surface area (Å²) in [6, 6.07) is 5.84. The van der Waals surface area contributed by atoms with Gasteiger partial charge in [0.25, 0.3) is 0 Å². The average Bonchev–Trinajstić information content (AvgIpc) is 2.21. The molecule has 0 spiro atoms. The molecule has 1 aromatic rings. The number of rotatable bonds is 5. The number of hydrogen-bond donors (Lipinski definition) is 1. The molecule has 0 aliphatic carbocycles. The molecular formula is C11H16BrNO2. The van der Waals surface area contributed by atoms with Crippen LogP contribution < -0.4 is 10.5 Å². The number of hydrogen-bond acceptors (Lipinski definition) is 3. The van der Waals surface area contributed by atoms with Crippen molar-refractivity contribution in [2.75, 3.05) is 13.7 Å². The molecule has 0 aliphatic rings. The molecule has 0 fully saturated rings. The monoisotopic (exact) mass is 273 g/mol. The summed E-state index contributed by atoms with van der Waals surface area (Å²) >= 11 is 3.45. The molecule has 4 heteroatoms. The second kappa shape index (κ2) is 6.10. The Morgan fingerprint density at radius 1 is 1.47 bits per heavy atom. The fraction of sp³-hybridized carbons (Fsp3) is 0.455. The Morgan fingerprint density at radius 3 is 2.80 bits per heavy atom. The Morgan fingerprint density at radius 2 is 2.20 bits per heavy atom. The topological polar surface area (TPSA) is 44.5 Å². The van der Waals surface area contributed by atoms with Crippen molar-refractivity contribution >= 4 is 15.9 Å². The van der Waals surface area contributed by atoms with Crippen molar-refractivity contribution in [2.45, 2.75) is 19.6 Å². The maximum atomic E-state index is 5.76. The smallest absolute Gasteiger partial charge is 0.138 e. The van der Waals surface area contributed by atoms with E-state index in [2.05, 4.69) is 15.9 Å². The maximum Gasteiger partial charge on any atom is 0.138 e. The van der Waals surface area contributed by atoms with E-state index in [0.29, 0.717) is 13.2 Å². The second-order valence-electron chi connectivity index (χ2n) is 3.32. The summed E-state index contributed by atoms with van der Waals surface area (Å²) in [6.45, 7) is 2.99. The Labute approximate surface area is 98.7 Å². The van der Waals surface area contributed by atoms with E-state index < -0.39 is 0 Å². The number of benzene rings is 1. The van der Waals surface area contributed by atoms with Gasteiger partial charge in [-0.15, -0.1) is 0 Å². The number of ether oxygens (including phenoxy) is 2. The van der Waals surface area contributed by atoms with Crippen molar-refractivity contribution < 1.29 is 9.47 Å². The lowest BCUT2D eigenvalue weighted by Gasteiger charge is -2.17. The van der Waals surface area contributed by atoms with E-state index in [0.717, 1.165) is 15.8 Å². The Balaban J connectivity index is 2.82. The zero-order valence-electron chi connectivity index (χ0n) is 9.00. The largest absolute Gasteiger partial charge is 0.487 e. The van der Waals surface area contributed by atoms with Crippen LogP contribution in [0.15, 0.2) is 22.7 Å². The fourth-order valence-corrected chi connectivity index (χ4v) is 1.82. The molecule has 0 heterocycles. The predicted octanol–water partition coefficient (Wildman–Crippen LogP) is 2.32. The van der Waals surface area contributed by atoms with Gasteiger partial charge in [-0.25, -0.2) is 0 Å². The normalized spacial score (nSPS) is 12.5. The summed E-state index contributed by atoms with van der Waals surface area (Å²) in [5, 5.41) is 0. The van der Waals surface area contributed by atoms with E-state index in [9.17, 15) is 0 Å². The van der Waals surface area contributed by atoms with Gasteiger partial charge in [0.1, 0.15) is 11.9 Å². The standard InChI is InChI=1S/C11H16BrNO2/c1-8(7-14-2)15-11-9(6-13)4-3-5-10(11)12/h3-5,8H,6-7,13H2,1-2H3. The number of halogens is 1. The van der Waals surface area contributed by atoms with Crippen LogP contribution in [0.25, 0.3) is 0 Å². The molecular weight excluding hydrogens is 258 g/mol. The van der Waals surface area contributed by atoms with Gasteiger partial charge >= 0.3 is 0 Å². The lowest BCUT2D eigenvalue weighted by Crippen LogP contribution is -2.19. The fourth-order valence-electron chi connectivity index (χ4n) is 1.32. The van der Waals surface area contributed by atoms with Gasteiger partial charge in [-0.2, -0.15) is 0 Å². The summed E-state index contributed by atoms with van der Waals surface area (Å²) in [5.74, 6) is 0.810. The van der Waals surface area contributed by atoms with Gasteiger partial charge in [0, 0.05) is 19.2 Å².